The van der Waals surface area contributed by atoms with Crippen LogP contribution in [0.5, 0.6) is 11.5 Å². The molecule has 28 heavy (non-hydrogen) atoms. The lowest BCUT2D eigenvalue weighted by Gasteiger charge is -2.14. The van der Waals surface area contributed by atoms with Gasteiger partial charge in [-0.15, -0.1) is 11.3 Å². The lowest BCUT2D eigenvalue weighted by molar-refractivity contribution is -0.123. The molecule has 0 fully saturated rings. The second-order valence-electron chi connectivity index (χ2n) is 5.90. The van der Waals surface area contributed by atoms with Gasteiger partial charge >= 0.3 is 5.97 Å². The third-order valence-electron chi connectivity index (χ3n) is 3.98. The third kappa shape index (κ3) is 4.23. The van der Waals surface area contributed by atoms with E-state index in [9.17, 15) is 14.0 Å². The van der Waals surface area contributed by atoms with Gasteiger partial charge in [0.15, 0.2) is 17.6 Å². The first kappa shape index (κ1) is 19.6. The molecule has 3 aromatic rings. The molecule has 146 valence electrons. The number of anilines is 1. The van der Waals surface area contributed by atoms with E-state index in [2.05, 4.69) is 5.32 Å². The fourth-order valence-electron chi connectivity index (χ4n) is 2.54. The molecule has 0 saturated heterocycles. The first-order valence-corrected chi connectivity index (χ1v) is 9.16. The maximum atomic E-state index is 13.3. The van der Waals surface area contributed by atoms with Crippen LogP contribution in [-0.2, 0) is 9.53 Å². The van der Waals surface area contributed by atoms with E-state index in [1.807, 2.05) is 0 Å². The van der Waals surface area contributed by atoms with Crippen molar-refractivity contribution < 1.29 is 28.2 Å². The summed E-state index contributed by atoms with van der Waals surface area (Å²) in [6.07, 6.45) is -1.03. The smallest absolute Gasteiger partial charge is 0.349 e. The standard InChI is InChI=1S/C20H18FNO5S/c1-11(19(23)22-14-5-6-15(25-2)16(10-14)26-3)27-20(24)18-9-12-8-13(21)4-7-17(12)28-18/h4-11H,1-3H3,(H,22,23)/t11-/m1/s1. The maximum Gasteiger partial charge on any atom is 0.349 e. The molecule has 6 nitrogen and oxygen atoms in total. The van der Waals surface area contributed by atoms with Gasteiger partial charge in [0, 0.05) is 16.5 Å². The highest BCUT2D eigenvalue weighted by Crippen LogP contribution is 2.30. The highest BCUT2D eigenvalue weighted by atomic mass is 32.1. The number of benzene rings is 2. The van der Waals surface area contributed by atoms with Crippen molar-refractivity contribution in [2.45, 2.75) is 13.0 Å². The van der Waals surface area contributed by atoms with Crippen molar-refractivity contribution >= 4 is 39.0 Å². The predicted octanol–water partition coefficient (Wildman–Crippen LogP) is 4.24. The molecule has 0 saturated carbocycles. The summed E-state index contributed by atoms with van der Waals surface area (Å²) in [5.74, 6) is -0.527. The quantitative estimate of drug-likeness (QED) is 0.623. The van der Waals surface area contributed by atoms with E-state index in [-0.39, 0.29) is 5.82 Å². The van der Waals surface area contributed by atoms with Crippen molar-refractivity contribution in [1.82, 2.24) is 0 Å². The Morgan fingerprint density at radius 2 is 1.79 bits per heavy atom. The van der Waals surface area contributed by atoms with Crippen LogP contribution in [0.4, 0.5) is 10.1 Å². The van der Waals surface area contributed by atoms with Gasteiger partial charge < -0.3 is 19.5 Å². The first-order chi connectivity index (χ1) is 13.4. The Labute approximate surface area is 164 Å². The molecule has 0 aliphatic heterocycles. The molecule has 0 aliphatic rings. The van der Waals surface area contributed by atoms with Gasteiger partial charge in [0.25, 0.3) is 5.91 Å². The molecule has 2 aromatic carbocycles. The Bertz CT molecular complexity index is 1030. The summed E-state index contributed by atoms with van der Waals surface area (Å²) < 4.78 is 29.6. The minimum Gasteiger partial charge on any atom is -0.493 e. The Morgan fingerprint density at radius 1 is 1.04 bits per heavy atom. The fraction of sp³-hybridized carbons (Fsp3) is 0.200. The predicted molar refractivity (Wildman–Crippen MR) is 105 cm³/mol. The SMILES string of the molecule is COc1ccc(NC(=O)[C@@H](C)OC(=O)c2cc3cc(F)ccc3s2)cc1OC. The molecule has 0 spiro atoms. The van der Waals surface area contributed by atoms with Crippen LogP contribution in [0.15, 0.2) is 42.5 Å². The third-order valence-corrected chi connectivity index (χ3v) is 5.08. The number of thiophene rings is 1. The van der Waals surface area contributed by atoms with E-state index in [1.54, 1.807) is 30.3 Å². The molecule has 1 amide bonds. The fourth-order valence-corrected chi connectivity index (χ4v) is 3.47. The largest absolute Gasteiger partial charge is 0.493 e. The number of amides is 1. The molecule has 0 radical (unpaired) electrons. The number of ether oxygens (including phenoxy) is 3. The number of hydrogen-bond donors (Lipinski definition) is 1. The molecule has 1 N–H and O–H groups in total. The molecule has 0 aliphatic carbocycles. The van der Waals surface area contributed by atoms with Gasteiger partial charge in [-0.1, -0.05) is 0 Å². The molecular formula is C20H18FNO5S. The van der Waals surface area contributed by atoms with Crippen LogP contribution in [0, 0.1) is 5.82 Å². The molecule has 0 bridgehead atoms. The summed E-state index contributed by atoms with van der Waals surface area (Å²) in [4.78, 5) is 25.0. The number of halogens is 1. The summed E-state index contributed by atoms with van der Waals surface area (Å²) in [5.41, 5.74) is 0.475. The van der Waals surface area contributed by atoms with Crippen molar-refractivity contribution in [2.24, 2.45) is 0 Å². The summed E-state index contributed by atoms with van der Waals surface area (Å²) in [6, 6.07) is 10.7. The minimum atomic E-state index is -1.03. The van der Waals surface area contributed by atoms with Crippen LogP contribution in [0.3, 0.4) is 0 Å². The zero-order valence-electron chi connectivity index (χ0n) is 15.4. The van der Waals surface area contributed by atoms with Gasteiger partial charge in [-0.05, 0) is 48.7 Å². The van der Waals surface area contributed by atoms with Gasteiger partial charge in [0.1, 0.15) is 10.7 Å². The summed E-state index contributed by atoms with van der Waals surface area (Å²) >= 11 is 1.18. The number of fused-ring (bicyclic) bond motifs is 1. The van der Waals surface area contributed by atoms with Gasteiger partial charge in [0.05, 0.1) is 14.2 Å². The molecule has 3 rings (SSSR count). The number of carbonyl (C=O) groups is 2. The van der Waals surface area contributed by atoms with Gasteiger partial charge in [-0.25, -0.2) is 9.18 Å². The van der Waals surface area contributed by atoms with Crippen LogP contribution in [0.25, 0.3) is 10.1 Å². The van der Waals surface area contributed by atoms with Gasteiger partial charge in [-0.3, -0.25) is 4.79 Å². The van der Waals surface area contributed by atoms with Crippen LogP contribution < -0.4 is 14.8 Å². The Kier molecular flexibility index (Phi) is 5.79. The van der Waals surface area contributed by atoms with Crippen molar-refractivity contribution in [3.63, 3.8) is 0 Å². The first-order valence-electron chi connectivity index (χ1n) is 8.34. The van der Waals surface area contributed by atoms with E-state index in [1.165, 1.54) is 44.6 Å². The van der Waals surface area contributed by atoms with Gasteiger partial charge in [-0.2, -0.15) is 0 Å². The Balaban J connectivity index is 1.66. The molecule has 1 aromatic heterocycles. The van der Waals surface area contributed by atoms with E-state index < -0.39 is 18.0 Å². The number of methoxy groups -OCH3 is 2. The van der Waals surface area contributed by atoms with Crippen molar-refractivity contribution in [3.05, 3.63) is 53.2 Å². The van der Waals surface area contributed by atoms with Crippen LogP contribution in [-0.4, -0.2) is 32.2 Å². The average Bonchev–Trinajstić information content (AvgIpc) is 3.11. The lowest BCUT2D eigenvalue weighted by atomic mass is 10.2. The average molecular weight is 403 g/mol. The van der Waals surface area contributed by atoms with Gasteiger partial charge in [0.2, 0.25) is 0 Å². The Hall–Kier alpha value is -3.13. The van der Waals surface area contributed by atoms with E-state index in [0.717, 1.165) is 4.70 Å². The number of nitrogens with one attached hydrogen (secondary N) is 1. The van der Waals surface area contributed by atoms with Crippen LogP contribution in [0.2, 0.25) is 0 Å². The molecule has 8 heteroatoms. The summed E-state index contributed by atoms with van der Waals surface area (Å²) in [6.45, 7) is 1.47. The second-order valence-corrected chi connectivity index (χ2v) is 6.98. The van der Waals surface area contributed by atoms with Crippen LogP contribution in [0.1, 0.15) is 16.6 Å². The van der Waals surface area contributed by atoms with Crippen LogP contribution >= 0.6 is 11.3 Å². The molecule has 1 heterocycles. The maximum absolute atomic E-state index is 13.3. The summed E-state index contributed by atoms with van der Waals surface area (Å²) in [5, 5.41) is 3.27. The monoisotopic (exact) mass is 403 g/mol. The summed E-state index contributed by atoms with van der Waals surface area (Å²) in [7, 11) is 3.00. The molecule has 1 atom stereocenters. The van der Waals surface area contributed by atoms with E-state index in [0.29, 0.717) is 27.4 Å². The zero-order valence-corrected chi connectivity index (χ0v) is 16.3. The molecular weight excluding hydrogens is 385 g/mol. The topological polar surface area (TPSA) is 73.9 Å². The number of esters is 1. The van der Waals surface area contributed by atoms with Crippen molar-refractivity contribution in [1.29, 1.82) is 0 Å². The lowest BCUT2D eigenvalue weighted by Crippen LogP contribution is -2.29. The number of carbonyl (C=O) groups excluding carboxylic acids is 2. The van der Waals surface area contributed by atoms with Crippen molar-refractivity contribution in [3.8, 4) is 11.5 Å². The second kappa shape index (κ2) is 8.26. The van der Waals surface area contributed by atoms with E-state index in [4.69, 9.17) is 14.2 Å². The highest BCUT2D eigenvalue weighted by molar-refractivity contribution is 7.20. The number of rotatable bonds is 6. The minimum absolute atomic E-state index is 0.298. The zero-order chi connectivity index (χ0) is 20.3. The normalized spacial score (nSPS) is 11.7. The van der Waals surface area contributed by atoms with E-state index >= 15 is 0 Å². The highest BCUT2D eigenvalue weighted by Gasteiger charge is 2.21. The van der Waals surface area contributed by atoms with Crippen molar-refractivity contribution in [2.75, 3.05) is 19.5 Å². The molecule has 0 unspecified atom stereocenters. The Morgan fingerprint density at radius 3 is 2.50 bits per heavy atom. The number of hydrogen-bond acceptors (Lipinski definition) is 6.